The van der Waals surface area contributed by atoms with E-state index in [0.717, 1.165) is 5.56 Å². The average molecular weight is 232 g/mol. The molecule has 2 heterocycles. The molecule has 6 heteroatoms. The molecule has 0 fully saturated rings. The second kappa shape index (κ2) is 4.25. The molecule has 0 aliphatic rings. The van der Waals surface area contributed by atoms with E-state index in [0.29, 0.717) is 12.4 Å². The molecule has 2 rings (SSSR count). The zero-order valence-corrected chi connectivity index (χ0v) is 9.33. The molecule has 0 aliphatic carbocycles. The minimum atomic E-state index is -0.549. The van der Waals surface area contributed by atoms with Crippen molar-refractivity contribution in [1.29, 1.82) is 0 Å². The van der Waals surface area contributed by atoms with Crippen LogP contribution >= 0.6 is 0 Å². The number of hydrogen-bond acceptors (Lipinski definition) is 4. The van der Waals surface area contributed by atoms with Gasteiger partial charge >= 0.3 is 11.1 Å². The Labute approximate surface area is 97.0 Å². The van der Waals surface area contributed by atoms with Crippen molar-refractivity contribution in [3.05, 3.63) is 57.0 Å². The first-order valence-electron chi connectivity index (χ1n) is 5.04. The van der Waals surface area contributed by atoms with Crippen molar-refractivity contribution in [3.8, 4) is 0 Å². The van der Waals surface area contributed by atoms with Gasteiger partial charge in [0.05, 0.1) is 6.54 Å². The smallest absolute Gasteiger partial charge is 0.316 e. The number of aromatic nitrogens is 3. The lowest BCUT2D eigenvalue weighted by atomic mass is 10.3. The molecule has 0 radical (unpaired) electrons. The van der Waals surface area contributed by atoms with Crippen LogP contribution < -0.4 is 16.9 Å². The molecule has 6 nitrogen and oxygen atoms in total. The molecule has 0 aromatic carbocycles. The molecule has 88 valence electrons. The Balaban J connectivity index is 2.37. The second-order valence-corrected chi connectivity index (χ2v) is 3.74. The Morgan fingerprint density at radius 3 is 2.65 bits per heavy atom. The molecule has 0 bridgehead atoms. The van der Waals surface area contributed by atoms with Gasteiger partial charge in [0.2, 0.25) is 0 Å². The van der Waals surface area contributed by atoms with E-state index >= 15 is 0 Å². The minimum Gasteiger partial charge on any atom is -0.384 e. The normalized spacial score (nSPS) is 10.4. The lowest BCUT2D eigenvalue weighted by Gasteiger charge is -2.06. The van der Waals surface area contributed by atoms with E-state index in [1.807, 2.05) is 0 Å². The van der Waals surface area contributed by atoms with Gasteiger partial charge in [-0.3, -0.25) is 9.59 Å². The zero-order valence-electron chi connectivity index (χ0n) is 9.33. The summed E-state index contributed by atoms with van der Waals surface area (Å²) in [7, 11) is 1.54. The van der Waals surface area contributed by atoms with Crippen molar-refractivity contribution >= 4 is 5.82 Å². The van der Waals surface area contributed by atoms with Gasteiger partial charge < -0.3 is 14.9 Å². The summed E-state index contributed by atoms with van der Waals surface area (Å²) in [5, 5.41) is 0. The Bertz CT molecular complexity index is 640. The Morgan fingerprint density at radius 2 is 2.00 bits per heavy atom. The number of hydrogen-bond donors (Lipinski definition) is 1. The predicted octanol–water partition coefficient (Wildman–Crippen LogP) is -0.428. The molecule has 0 amide bonds. The monoisotopic (exact) mass is 232 g/mol. The highest BCUT2D eigenvalue weighted by Gasteiger charge is 2.03. The van der Waals surface area contributed by atoms with E-state index in [1.165, 1.54) is 9.13 Å². The van der Waals surface area contributed by atoms with E-state index in [4.69, 9.17) is 5.73 Å². The number of nitrogens with zero attached hydrogens (tertiary/aromatic N) is 3. The molecular formula is C11H12N4O2. The highest BCUT2D eigenvalue weighted by atomic mass is 16.2. The highest BCUT2D eigenvalue weighted by Crippen LogP contribution is 2.01. The quantitative estimate of drug-likeness (QED) is 0.712. The van der Waals surface area contributed by atoms with Gasteiger partial charge in [-0.2, -0.15) is 0 Å². The van der Waals surface area contributed by atoms with Gasteiger partial charge in [0.15, 0.2) is 0 Å². The van der Waals surface area contributed by atoms with E-state index < -0.39 is 11.1 Å². The summed E-state index contributed by atoms with van der Waals surface area (Å²) < 4.78 is 2.59. The Kier molecular flexibility index (Phi) is 2.78. The van der Waals surface area contributed by atoms with Crippen molar-refractivity contribution in [2.24, 2.45) is 7.05 Å². The van der Waals surface area contributed by atoms with Crippen LogP contribution in [0.25, 0.3) is 0 Å². The zero-order chi connectivity index (χ0) is 12.4. The Hall–Kier alpha value is -2.37. The minimum absolute atomic E-state index is 0.308. The van der Waals surface area contributed by atoms with Crippen LogP contribution in [0.3, 0.4) is 0 Å². The fourth-order valence-electron chi connectivity index (χ4n) is 1.44. The molecule has 17 heavy (non-hydrogen) atoms. The maximum atomic E-state index is 11.6. The van der Waals surface area contributed by atoms with Crippen LogP contribution in [-0.2, 0) is 13.6 Å². The van der Waals surface area contributed by atoms with E-state index in [1.54, 1.807) is 37.8 Å². The summed E-state index contributed by atoms with van der Waals surface area (Å²) >= 11 is 0. The molecule has 0 saturated heterocycles. The van der Waals surface area contributed by atoms with Crippen molar-refractivity contribution in [2.45, 2.75) is 6.54 Å². The third-order valence-electron chi connectivity index (χ3n) is 2.43. The SMILES string of the molecule is Cn1ccn(Cc2ccc(N)nc2)c(=O)c1=O. The van der Waals surface area contributed by atoms with Gasteiger partial charge in [0.1, 0.15) is 5.82 Å². The summed E-state index contributed by atoms with van der Waals surface area (Å²) in [6.07, 6.45) is 4.70. The maximum Gasteiger partial charge on any atom is 0.316 e. The van der Waals surface area contributed by atoms with Crippen molar-refractivity contribution in [2.75, 3.05) is 5.73 Å². The molecule has 2 N–H and O–H groups in total. The van der Waals surface area contributed by atoms with Crippen LogP contribution in [0.1, 0.15) is 5.56 Å². The summed E-state index contributed by atoms with van der Waals surface area (Å²) in [6, 6.07) is 3.42. The van der Waals surface area contributed by atoms with Crippen LogP contribution in [0.2, 0.25) is 0 Å². The number of pyridine rings is 1. The first kappa shape index (κ1) is 11.1. The molecule has 0 aliphatic heterocycles. The summed E-state index contributed by atoms with van der Waals surface area (Å²) in [5.74, 6) is 0.421. The van der Waals surface area contributed by atoms with Crippen LogP contribution in [-0.4, -0.2) is 14.1 Å². The lowest BCUT2D eigenvalue weighted by Crippen LogP contribution is -2.39. The lowest BCUT2D eigenvalue weighted by molar-refractivity contribution is 0.694. The van der Waals surface area contributed by atoms with Crippen LogP contribution in [0, 0.1) is 0 Å². The van der Waals surface area contributed by atoms with Gasteiger partial charge in [0, 0.05) is 25.6 Å². The second-order valence-electron chi connectivity index (χ2n) is 3.74. The third-order valence-corrected chi connectivity index (χ3v) is 2.43. The predicted molar refractivity (Wildman–Crippen MR) is 63.7 cm³/mol. The number of nitrogen functional groups attached to an aromatic ring is 1. The first-order valence-corrected chi connectivity index (χ1v) is 5.04. The van der Waals surface area contributed by atoms with Gasteiger partial charge in [-0.25, -0.2) is 4.98 Å². The third kappa shape index (κ3) is 2.25. The van der Waals surface area contributed by atoms with Gasteiger partial charge in [-0.15, -0.1) is 0 Å². The molecule has 0 atom stereocenters. The van der Waals surface area contributed by atoms with Crippen LogP contribution in [0.15, 0.2) is 40.3 Å². The number of rotatable bonds is 2. The van der Waals surface area contributed by atoms with E-state index in [2.05, 4.69) is 4.98 Å². The average Bonchev–Trinajstić information content (AvgIpc) is 2.33. The molecule has 0 saturated carbocycles. The number of aryl methyl sites for hydroxylation is 1. The highest BCUT2D eigenvalue weighted by molar-refractivity contribution is 5.29. The van der Waals surface area contributed by atoms with E-state index in [-0.39, 0.29) is 0 Å². The number of anilines is 1. The standard InChI is InChI=1S/C11H12N4O2/c1-14-4-5-15(11(17)10(14)16)7-8-2-3-9(12)13-6-8/h2-6H,7H2,1H3,(H2,12,13). The van der Waals surface area contributed by atoms with Crippen LogP contribution in [0.5, 0.6) is 0 Å². The van der Waals surface area contributed by atoms with Gasteiger partial charge in [-0.1, -0.05) is 6.07 Å². The summed E-state index contributed by atoms with van der Waals surface area (Å²) in [4.78, 5) is 27.0. The van der Waals surface area contributed by atoms with Crippen molar-refractivity contribution in [1.82, 2.24) is 14.1 Å². The summed E-state index contributed by atoms with van der Waals surface area (Å²) in [5.41, 5.74) is 5.18. The van der Waals surface area contributed by atoms with Crippen LogP contribution in [0.4, 0.5) is 5.82 Å². The molecule has 0 spiro atoms. The van der Waals surface area contributed by atoms with E-state index in [9.17, 15) is 9.59 Å². The summed E-state index contributed by atoms with van der Waals surface area (Å²) in [6.45, 7) is 0.308. The van der Waals surface area contributed by atoms with Gasteiger partial charge in [0.25, 0.3) is 0 Å². The van der Waals surface area contributed by atoms with Crippen molar-refractivity contribution < 1.29 is 0 Å². The van der Waals surface area contributed by atoms with Gasteiger partial charge in [-0.05, 0) is 11.6 Å². The number of nitrogens with two attached hydrogens (primary N) is 1. The topological polar surface area (TPSA) is 82.9 Å². The first-order chi connectivity index (χ1) is 8.08. The largest absolute Gasteiger partial charge is 0.384 e. The Morgan fingerprint density at radius 1 is 1.24 bits per heavy atom. The fourth-order valence-corrected chi connectivity index (χ4v) is 1.44. The fraction of sp³-hybridized carbons (Fsp3) is 0.182. The molecular weight excluding hydrogens is 220 g/mol. The molecule has 0 unspecified atom stereocenters. The molecule has 2 aromatic rings. The maximum absolute atomic E-state index is 11.6. The van der Waals surface area contributed by atoms with Crippen molar-refractivity contribution in [3.63, 3.8) is 0 Å². The molecule has 2 aromatic heterocycles.